The highest BCUT2D eigenvalue weighted by molar-refractivity contribution is 7.99. The molecule has 1 unspecified atom stereocenters. The average molecular weight is 287 g/mol. The molecule has 0 bridgehead atoms. The molecule has 1 aromatic rings. The Hall–Kier alpha value is -0.970. The molecule has 19 heavy (non-hydrogen) atoms. The number of benzene rings is 1. The molecule has 5 heteroatoms. The number of anilines is 1. The number of alkyl halides is 2. The first-order valence-electron chi connectivity index (χ1n) is 6.34. The normalized spacial score (nSPS) is 22.3. The van der Waals surface area contributed by atoms with Crippen molar-refractivity contribution in [1.82, 2.24) is 0 Å². The van der Waals surface area contributed by atoms with Gasteiger partial charge in [-0.1, -0.05) is 19.9 Å². The van der Waals surface area contributed by atoms with Crippen molar-refractivity contribution in [2.75, 3.05) is 16.8 Å². The van der Waals surface area contributed by atoms with E-state index in [0.717, 1.165) is 17.9 Å². The number of halogens is 2. The maximum absolute atomic E-state index is 12.2. The highest BCUT2D eigenvalue weighted by atomic mass is 32.2. The van der Waals surface area contributed by atoms with Crippen molar-refractivity contribution in [2.45, 2.75) is 32.9 Å². The molecular weight excluding hydrogens is 268 g/mol. The summed E-state index contributed by atoms with van der Waals surface area (Å²) < 4.78 is 28.7. The molecule has 0 aliphatic carbocycles. The molecule has 0 spiro atoms. The number of ether oxygens (including phenoxy) is 1. The average Bonchev–Trinajstić information content (AvgIpc) is 2.26. The minimum Gasteiger partial charge on any atom is -0.435 e. The van der Waals surface area contributed by atoms with Crippen LogP contribution in [0.15, 0.2) is 24.3 Å². The van der Waals surface area contributed by atoms with Gasteiger partial charge >= 0.3 is 6.61 Å². The number of hydrogen-bond donors (Lipinski definition) is 1. The summed E-state index contributed by atoms with van der Waals surface area (Å²) in [4.78, 5) is 0. The lowest BCUT2D eigenvalue weighted by atomic mass is 9.88. The standard InChI is InChI=1S/C14H19F2NOS/c1-14(2)7-11(8-19-9-14)17-10-4-3-5-12(6-10)18-13(15)16/h3-6,11,13,17H,7-9H2,1-2H3. The zero-order valence-corrected chi connectivity index (χ0v) is 12.0. The topological polar surface area (TPSA) is 21.3 Å². The van der Waals surface area contributed by atoms with Crippen LogP contribution < -0.4 is 10.1 Å². The van der Waals surface area contributed by atoms with Gasteiger partial charge in [-0.3, -0.25) is 0 Å². The predicted molar refractivity (Wildman–Crippen MR) is 76.2 cm³/mol. The van der Waals surface area contributed by atoms with Gasteiger partial charge in [0, 0.05) is 23.5 Å². The molecule has 1 N–H and O–H groups in total. The van der Waals surface area contributed by atoms with E-state index in [1.165, 1.54) is 11.8 Å². The SMILES string of the molecule is CC1(C)CSCC(Nc2cccc(OC(F)F)c2)C1. The van der Waals surface area contributed by atoms with Crippen LogP contribution in [0.4, 0.5) is 14.5 Å². The van der Waals surface area contributed by atoms with Crippen LogP contribution in [0.1, 0.15) is 20.3 Å². The summed E-state index contributed by atoms with van der Waals surface area (Å²) in [7, 11) is 0. The highest BCUT2D eigenvalue weighted by Gasteiger charge is 2.28. The molecule has 2 rings (SSSR count). The Morgan fingerprint density at radius 2 is 2.21 bits per heavy atom. The van der Waals surface area contributed by atoms with Gasteiger partial charge in [-0.15, -0.1) is 0 Å². The van der Waals surface area contributed by atoms with Gasteiger partial charge in [0.2, 0.25) is 0 Å². The first-order chi connectivity index (χ1) is 8.94. The molecule has 1 saturated heterocycles. The van der Waals surface area contributed by atoms with Crippen molar-refractivity contribution >= 4 is 17.4 Å². The lowest BCUT2D eigenvalue weighted by Gasteiger charge is -2.35. The molecule has 1 fully saturated rings. The Morgan fingerprint density at radius 1 is 1.42 bits per heavy atom. The summed E-state index contributed by atoms with van der Waals surface area (Å²) in [6.45, 7) is 1.73. The Labute approximate surface area is 116 Å². The van der Waals surface area contributed by atoms with E-state index in [9.17, 15) is 8.78 Å². The molecule has 0 radical (unpaired) electrons. The van der Waals surface area contributed by atoms with Gasteiger partial charge in [0.25, 0.3) is 0 Å². The molecule has 2 nitrogen and oxygen atoms in total. The summed E-state index contributed by atoms with van der Waals surface area (Å²) in [6, 6.07) is 7.14. The quantitative estimate of drug-likeness (QED) is 0.895. The Bertz CT molecular complexity index is 426. The number of nitrogens with one attached hydrogen (secondary N) is 1. The fraction of sp³-hybridized carbons (Fsp3) is 0.571. The van der Waals surface area contributed by atoms with Crippen molar-refractivity contribution in [3.05, 3.63) is 24.3 Å². The van der Waals surface area contributed by atoms with Crippen molar-refractivity contribution < 1.29 is 13.5 Å². The minimum absolute atomic E-state index is 0.197. The van der Waals surface area contributed by atoms with Gasteiger partial charge in [-0.2, -0.15) is 20.5 Å². The van der Waals surface area contributed by atoms with Crippen LogP contribution in [-0.4, -0.2) is 24.2 Å². The monoisotopic (exact) mass is 287 g/mol. The smallest absolute Gasteiger partial charge is 0.387 e. The number of rotatable bonds is 4. The van der Waals surface area contributed by atoms with E-state index in [4.69, 9.17) is 0 Å². The van der Waals surface area contributed by atoms with Crippen molar-refractivity contribution in [3.63, 3.8) is 0 Å². The second-order valence-electron chi connectivity index (χ2n) is 5.63. The van der Waals surface area contributed by atoms with Gasteiger partial charge in [0.05, 0.1) is 0 Å². The third kappa shape index (κ3) is 4.56. The molecule has 1 aliphatic rings. The van der Waals surface area contributed by atoms with Crippen LogP contribution >= 0.6 is 11.8 Å². The van der Waals surface area contributed by atoms with Gasteiger partial charge in [-0.25, -0.2) is 0 Å². The lowest BCUT2D eigenvalue weighted by molar-refractivity contribution is -0.0498. The second kappa shape index (κ2) is 5.99. The first-order valence-corrected chi connectivity index (χ1v) is 7.49. The maximum atomic E-state index is 12.2. The summed E-state index contributed by atoms with van der Waals surface area (Å²) >= 11 is 1.93. The fourth-order valence-corrected chi connectivity index (χ4v) is 3.63. The van der Waals surface area contributed by atoms with Crippen molar-refractivity contribution in [3.8, 4) is 5.75 Å². The van der Waals surface area contributed by atoms with Gasteiger partial charge < -0.3 is 10.1 Å². The Kier molecular flexibility index (Phi) is 4.55. The van der Waals surface area contributed by atoms with Crippen LogP contribution in [0.2, 0.25) is 0 Å². The predicted octanol–water partition coefficient (Wildman–Crippen LogP) is 4.23. The molecule has 1 aromatic carbocycles. The van der Waals surface area contributed by atoms with E-state index >= 15 is 0 Å². The maximum Gasteiger partial charge on any atom is 0.387 e. The summed E-state index contributed by atoms with van der Waals surface area (Å²) in [5, 5.41) is 3.40. The van der Waals surface area contributed by atoms with E-state index < -0.39 is 6.61 Å². The van der Waals surface area contributed by atoms with Gasteiger partial charge in [-0.05, 0) is 29.7 Å². The van der Waals surface area contributed by atoms with Crippen LogP contribution in [0, 0.1) is 5.41 Å². The Morgan fingerprint density at radius 3 is 2.89 bits per heavy atom. The molecule has 1 heterocycles. The van der Waals surface area contributed by atoms with Crippen molar-refractivity contribution in [1.29, 1.82) is 0 Å². The van der Waals surface area contributed by atoms with Crippen LogP contribution in [0.25, 0.3) is 0 Å². The molecule has 1 aliphatic heterocycles. The van der Waals surface area contributed by atoms with Crippen LogP contribution in [-0.2, 0) is 0 Å². The highest BCUT2D eigenvalue weighted by Crippen LogP contribution is 2.35. The molecule has 0 aromatic heterocycles. The zero-order valence-electron chi connectivity index (χ0n) is 11.2. The summed E-state index contributed by atoms with van der Waals surface area (Å²) in [6.07, 6.45) is 1.08. The van der Waals surface area contributed by atoms with E-state index in [2.05, 4.69) is 23.9 Å². The van der Waals surface area contributed by atoms with E-state index in [-0.39, 0.29) is 5.75 Å². The van der Waals surface area contributed by atoms with Crippen molar-refractivity contribution in [2.24, 2.45) is 5.41 Å². The molecule has 106 valence electrons. The molecule has 0 amide bonds. The third-order valence-corrected chi connectivity index (χ3v) is 4.66. The Balaban J connectivity index is 1.98. The third-order valence-electron chi connectivity index (χ3n) is 3.04. The van der Waals surface area contributed by atoms with Gasteiger partial charge in [0.15, 0.2) is 0 Å². The van der Waals surface area contributed by atoms with E-state index in [1.807, 2.05) is 17.8 Å². The number of hydrogen-bond acceptors (Lipinski definition) is 3. The summed E-state index contributed by atoms with van der Waals surface area (Å²) in [5.74, 6) is 2.41. The van der Waals surface area contributed by atoms with Gasteiger partial charge in [0.1, 0.15) is 5.75 Å². The molecular formula is C14H19F2NOS. The lowest BCUT2D eigenvalue weighted by Crippen LogP contribution is -2.35. The largest absolute Gasteiger partial charge is 0.435 e. The minimum atomic E-state index is -2.78. The van der Waals surface area contributed by atoms with Crippen LogP contribution in [0.3, 0.4) is 0 Å². The number of thioether (sulfide) groups is 1. The second-order valence-corrected chi connectivity index (χ2v) is 6.66. The molecule has 1 atom stereocenters. The zero-order chi connectivity index (χ0) is 13.9. The molecule has 0 saturated carbocycles. The fourth-order valence-electron chi connectivity index (χ4n) is 2.35. The summed E-state index contributed by atoms with van der Waals surface area (Å²) in [5.41, 5.74) is 1.15. The van der Waals surface area contributed by atoms with E-state index in [0.29, 0.717) is 11.5 Å². The van der Waals surface area contributed by atoms with E-state index in [1.54, 1.807) is 12.1 Å². The van der Waals surface area contributed by atoms with Crippen LogP contribution in [0.5, 0.6) is 5.75 Å². The first kappa shape index (κ1) is 14.4.